The second kappa shape index (κ2) is 8.54. The number of aryl methyl sites for hydroxylation is 1. The van der Waals surface area contributed by atoms with Crippen molar-refractivity contribution in [3.63, 3.8) is 0 Å². The maximum Gasteiger partial charge on any atom is 0.207 e. The molecule has 1 amide bonds. The van der Waals surface area contributed by atoms with Gasteiger partial charge in [0.05, 0.1) is 12.9 Å². The number of nitrogens with one attached hydrogen (secondary N) is 1. The predicted molar refractivity (Wildman–Crippen MR) is 107 cm³/mol. The van der Waals surface area contributed by atoms with Crippen LogP contribution >= 0.6 is 0 Å². The number of nitrogens with zero attached hydrogens (tertiary/aromatic N) is 2. The Morgan fingerprint density at radius 3 is 2.59 bits per heavy atom. The van der Waals surface area contributed by atoms with Gasteiger partial charge in [0.15, 0.2) is 0 Å². The normalized spacial score (nSPS) is 10.6. The van der Waals surface area contributed by atoms with Crippen LogP contribution in [0.5, 0.6) is 5.75 Å². The Morgan fingerprint density at radius 2 is 1.93 bits per heavy atom. The molecule has 1 heterocycles. The quantitative estimate of drug-likeness (QED) is 0.492. The van der Waals surface area contributed by atoms with E-state index in [1.807, 2.05) is 10.8 Å². The number of amides is 1. The van der Waals surface area contributed by atoms with Crippen molar-refractivity contribution in [2.75, 3.05) is 13.2 Å². The van der Waals surface area contributed by atoms with Crippen LogP contribution in [0.1, 0.15) is 27.8 Å². The Morgan fingerprint density at radius 1 is 1.15 bits per heavy atom. The Balaban J connectivity index is 1.76. The fourth-order valence-electron chi connectivity index (χ4n) is 3.24. The zero-order chi connectivity index (χ0) is 19.2. The van der Waals surface area contributed by atoms with E-state index >= 15 is 0 Å². The van der Waals surface area contributed by atoms with Crippen molar-refractivity contribution in [2.24, 2.45) is 0 Å². The highest BCUT2D eigenvalue weighted by Gasteiger charge is 2.12. The first-order chi connectivity index (χ1) is 13.1. The summed E-state index contributed by atoms with van der Waals surface area (Å²) in [5.41, 5.74) is 7.20. The summed E-state index contributed by atoms with van der Waals surface area (Å²) in [5, 5.41) is 2.62. The number of ether oxygens (including phenoxy) is 1. The predicted octanol–water partition coefficient (Wildman–Crippen LogP) is 3.51. The number of imidazole rings is 1. The molecule has 3 aromatic rings. The fraction of sp³-hybridized carbons (Fsp3) is 0.273. The van der Waals surface area contributed by atoms with Crippen molar-refractivity contribution in [1.82, 2.24) is 14.9 Å². The van der Waals surface area contributed by atoms with Crippen LogP contribution in [-0.2, 0) is 11.2 Å². The van der Waals surface area contributed by atoms with Gasteiger partial charge in [-0.25, -0.2) is 4.98 Å². The monoisotopic (exact) mass is 363 g/mol. The highest BCUT2D eigenvalue weighted by atomic mass is 16.5. The standard InChI is InChI=1S/C22H25N3O2/c1-16-12-20(17(2)18(3)22(16)27-11-9-24-15-26)13-19-4-6-21(7-5-19)25-10-8-23-14-25/h4-8,10,12,14-15H,9,11,13H2,1-3H3,(H,24,26). The van der Waals surface area contributed by atoms with E-state index in [-0.39, 0.29) is 0 Å². The summed E-state index contributed by atoms with van der Waals surface area (Å²) in [6, 6.07) is 10.8. The molecule has 1 aromatic heterocycles. The van der Waals surface area contributed by atoms with E-state index < -0.39 is 0 Å². The Labute approximate surface area is 160 Å². The Bertz CT molecular complexity index is 900. The maximum atomic E-state index is 10.3. The zero-order valence-corrected chi connectivity index (χ0v) is 16.0. The van der Waals surface area contributed by atoms with Crippen molar-refractivity contribution < 1.29 is 9.53 Å². The molecular formula is C22H25N3O2. The summed E-state index contributed by atoms with van der Waals surface area (Å²) in [6.45, 7) is 7.28. The van der Waals surface area contributed by atoms with Crippen LogP contribution in [0, 0.1) is 20.8 Å². The smallest absolute Gasteiger partial charge is 0.207 e. The fourth-order valence-corrected chi connectivity index (χ4v) is 3.24. The third-order valence-electron chi connectivity index (χ3n) is 4.84. The van der Waals surface area contributed by atoms with Crippen molar-refractivity contribution in [3.05, 3.63) is 76.9 Å². The largest absolute Gasteiger partial charge is 0.491 e. The number of aromatic nitrogens is 2. The van der Waals surface area contributed by atoms with Crippen LogP contribution in [0.2, 0.25) is 0 Å². The first-order valence-corrected chi connectivity index (χ1v) is 9.07. The number of carbonyl (C=O) groups is 1. The summed E-state index contributed by atoms with van der Waals surface area (Å²) in [6.07, 6.45) is 7.09. The Kier molecular flexibility index (Phi) is 5.91. The molecule has 27 heavy (non-hydrogen) atoms. The molecule has 0 fully saturated rings. The molecule has 0 radical (unpaired) electrons. The van der Waals surface area contributed by atoms with Gasteiger partial charge in [0.1, 0.15) is 12.4 Å². The molecule has 0 bridgehead atoms. The molecular weight excluding hydrogens is 338 g/mol. The molecule has 0 spiro atoms. The van der Waals surface area contributed by atoms with Gasteiger partial charge >= 0.3 is 0 Å². The van der Waals surface area contributed by atoms with Crippen LogP contribution in [0.15, 0.2) is 49.1 Å². The summed E-state index contributed by atoms with van der Waals surface area (Å²) in [5.74, 6) is 0.916. The highest BCUT2D eigenvalue weighted by Crippen LogP contribution is 2.30. The Hall–Kier alpha value is -3.08. The van der Waals surface area contributed by atoms with Crippen LogP contribution in [0.25, 0.3) is 5.69 Å². The van der Waals surface area contributed by atoms with Gasteiger partial charge < -0.3 is 14.6 Å². The van der Waals surface area contributed by atoms with Gasteiger partial charge in [-0.2, -0.15) is 0 Å². The van der Waals surface area contributed by atoms with Crippen LogP contribution in [0.3, 0.4) is 0 Å². The average molecular weight is 363 g/mol. The van der Waals surface area contributed by atoms with Gasteiger partial charge in [-0.1, -0.05) is 18.2 Å². The van der Waals surface area contributed by atoms with E-state index in [0.717, 1.165) is 29.0 Å². The number of carbonyl (C=O) groups excluding carboxylic acids is 1. The minimum Gasteiger partial charge on any atom is -0.491 e. The molecule has 5 nitrogen and oxygen atoms in total. The van der Waals surface area contributed by atoms with Crippen molar-refractivity contribution >= 4 is 6.41 Å². The highest BCUT2D eigenvalue weighted by molar-refractivity contribution is 5.50. The van der Waals surface area contributed by atoms with E-state index in [2.05, 4.69) is 61.4 Å². The molecule has 3 rings (SSSR count). The molecule has 1 N–H and O–H groups in total. The van der Waals surface area contributed by atoms with Gasteiger partial charge in [-0.15, -0.1) is 0 Å². The molecule has 0 aliphatic carbocycles. The number of hydrogen-bond acceptors (Lipinski definition) is 3. The lowest BCUT2D eigenvalue weighted by molar-refractivity contribution is -0.109. The summed E-state index contributed by atoms with van der Waals surface area (Å²) < 4.78 is 7.88. The topological polar surface area (TPSA) is 56.1 Å². The van der Waals surface area contributed by atoms with E-state index in [9.17, 15) is 4.79 Å². The SMILES string of the molecule is Cc1cc(Cc2ccc(-n3ccnc3)cc2)c(C)c(C)c1OCCNC=O. The number of benzene rings is 2. The second-order valence-electron chi connectivity index (χ2n) is 6.67. The molecule has 0 saturated heterocycles. The molecule has 0 aliphatic heterocycles. The van der Waals surface area contributed by atoms with Gasteiger partial charge in [0, 0.05) is 18.1 Å². The minimum atomic E-state index is 0.467. The average Bonchev–Trinajstić information content (AvgIpc) is 3.21. The molecule has 2 aromatic carbocycles. The van der Waals surface area contributed by atoms with Crippen molar-refractivity contribution in [2.45, 2.75) is 27.2 Å². The lowest BCUT2D eigenvalue weighted by atomic mass is 9.94. The number of hydrogen-bond donors (Lipinski definition) is 1. The zero-order valence-electron chi connectivity index (χ0n) is 16.0. The molecule has 140 valence electrons. The number of rotatable bonds is 8. The molecule has 5 heteroatoms. The van der Waals surface area contributed by atoms with Crippen molar-refractivity contribution in [3.8, 4) is 11.4 Å². The van der Waals surface area contributed by atoms with Crippen LogP contribution in [0.4, 0.5) is 0 Å². The first kappa shape index (κ1) is 18.7. The summed E-state index contributed by atoms with van der Waals surface area (Å²) in [4.78, 5) is 14.4. The lowest BCUT2D eigenvalue weighted by Crippen LogP contribution is -2.19. The van der Waals surface area contributed by atoms with E-state index in [0.29, 0.717) is 19.6 Å². The maximum absolute atomic E-state index is 10.3. The van der Waals surface area contributed by atoms with Crippen LogP contribution < -0.4 is 10.1 Å². The van der Waals surface area contributed by atoms with E-state index in [1.165, 1.54) is 16.7 Å². The van der Waals surface area contributed by atoms with E-state index in [1.54, 1.807) is 12.5 Å². The molecule has 0 unspecified atom stereocenters. The summed E-state index contributed by atoms with van der Waals surface area (Å²) >= 11 is 0. The van der Waals surface area contributed by atoms with Crippen molar-refractivity contribution in [1.29, 1.82) is 0 Å². The lowest BCUT2D eigenvalue weighted by Gasteiger charge is -2.18. The first-order valence-electron chi connectivity index (χ1n) is 9.07. The molecule has 0 atom stereocenters. The van der Waals surface area contributed by atoms with Gasteiger partial charge in [-0.05, 0) is 67.1 Å². The molecule has 0 saturated carbocycles. The van der Waals surface area contributed by atoms with E-state index in [4.69, 9.17) is 4.74 Å². The van der Waals surface area contributed by atoms with Gasteiger partial charge in [-0.3, -0.25) is 4.79 Å². The second-order valence-corrected chi connectivity index (χ2v) is 6.67. The third kappa shape index (κ3) is 4.37. The molecule has 0 aliphatic rings. The van der Waals surface area contributed by atoms with Gasteiger partial charge in [0.25, 0.3) is 0 Å². The minimum absolute atomic E-state index is 0.467. The van der Waals surface area contributed by atoms with Crippen LogP contribution in [-0.4, -0.2) is 29.1 Å². The third-order valence-corrected chi connectivity index (χ3v) is 4.84. The van der Waals surface area contributed by atoms with Gasteiger partial charge in [0.2, 0.25) is 6.41 Å². The summed E-state index contributed by atoms with van der Waals surface area (Å²) in [7, 11) is 0.